The summed E-state index contributed by atoms with van der Waals surface area (Å²) < 4.78 is 17.0. The van der Waals surface area contributed by atoms with Crippen molar-refractivity contribution in [2.75, 3.05) is 126 Å². The molecule has 1 amide bonds. The summed E-state index contributed by atoms with van der Waals surface area (Å²) in [4.78, 5) is 76.8. The molecule has 4 aliphatic heterocycles. The van der Waals surface area contributed by atoms with Gasteiger partial charge in [0.1, 0.15) is 46.5 Å². The number of anilines is 8. The molecule has 0 radical (unpaired) electrons. The molecule has 20 rings (SSSR count). The number of nitrogens with one attached hydrogen (secondary N) is 4. The molecule has 16 aromatic rings. The van der Waals surface area contributed by atoms with Gasteiger partial charge in [-0.2, -0.15) is 0 Å². The highest BCUT2D eigenvalue weighted by Gasteiger charge is 2.25. The number of morpholine rings is 3. The fourth-order valence-electron chi connectivity index (χ4n) is 16.7. The smallest absolute Gasteiger partial charge is 0.219 e. The van der Waals surface area contributed by atoms with Crippen LogP contribution in [0, 0.1) is 27.7 Å². The van der Waals surface area contributed by atoms with Crippen LogP contribution in [0.15, 0.2) is 268 Å². The molecule has 4 aliphatic rings. The fourth-order valence-corrected chi connectivity index (χ4v) is 16.7. The number of aryl methyl sites for hydroxylation is 4. The van der Waals surface area contributed by atoms with Crippen molar-refractivity contribution in [3.8, 4) is 44.5 Å². The molecule has 3 atom stereocenters. The second-order valence-electron chi connectivity index (χ2n) is 33.5. The molecule has 25 heteroatoms. The van der Waals surface area contributed by atoms with E-state index in [1.54, 1.807) is 6.92 Å². The predicted molar refractivity (Wildman–Crippen MR) is 522 cm³/mol. The molecule has 4 fully saturated rings. The maximum Gasteiger partial charge on any atom is 0.219 e. The zero-order valence-electron chi connectivity index (χ0n) is 74.9. The van der Waals surface area contributed by atoms with Crippen LogP contribution >= 0.6 is 0 Å². The van der Waals surface area contributed by atoms with Gasteiger partial charge in [-0.25, -0.2) is 39.9 Å². The highest BCUT2D eigenvalue weighted by Crippen LogP contribution is 2.34. The van der Waals surface area contributed by atoms with Gasteiger partial charge in [-0.3, -0.25) is 24.7 Å². The van der Waals surface area contributed by atoms with Crippen LogP contribution in [-0.2, 0) is 45.2 Å². The summed E-state index contributed by atoms with van der Waals surface area (Å²) in [6, 6.07) is 67.6. The molecule has 4 N–H and O–H groups in total. The Morgan fingerprint density at radius 3 is 0.777 bits per heavy atom. The van der Waals surface area contributed by atoms with Crippen LogP contribution in [0.5, 0.6) is 0 Å². The maximum atomic E-state index is 11.6. The molecule has 658 valence electrons. The largest absolute Gasteiger partial charge is 0.375 e. The highest BCUT2D eigenvalue weighted by atomic mass is 16.5. The first-order chi connectivity index (χ1) is 63.5. The summed E-state index contributed by atoms with van der Waals surface area (Å²) in [5.74, 6) is 7.43. The highest BCUT2D eigenvalue weighted by molar-refractivity contribution is 5.96. The molecule has 0 bridgehead atoms. The molecule has 16 heterocycles. The van der Waals surface area contributed by atoms with E-state index >= 15 is 0 Å². The molecule has 12 aromatic heterocycles. The standard InChI is InChI=1S/C27H28N6O.3C26H27N5O/c1-19-15-23(7-9-28-19)22-5-3-21(4-6-22)17-31-27-25-18-30-26(16-24(25)8-10-29-27)33-13-11-32(12-14-33)20(2)34;3*1-18-13-22(7-9-27-18)21-5-3-20(4-6-21)15-30-26-24-16-29-25(14-23(24)8-10-28-26)31-11-12-32-19(2)17-31/h3-10,15-16,18H,11-14,17H2,1-2H3,(H,29,31);3*3-10,13-14,16,19H,11-12,15,17H2,1-2H3,(H,28,30)/t;2*19-;/m.10./s1. The molecule has 25 nitrogen and oxygen atoms in total. The quantitative estimate of drug-likeness (QED) is 0.0552. The first-order valence-electron chi connectivity index (χ1n) is 44.7. The number of amides is 1. The van der Waals surface area contributed by atoms with Crippen LogP contribution in [0.1, 0.15) is 72.7 Å². The van der Waals surface area contributed by atoms with E-state index in [0.29, 0.717) is 26.2 Å². The molecule has 0 aliphatic carbocycles. The Bertz CT molecular complexity index is 6100. The number of carbonyl (C=O) groups is 1. The van der Waals surface area contributed by atoms with Crippen molar-refractivity contribution in [2.45, 2.75) is 99.9 Å². The Labute approximate surface area is 759 Å². The van der Waals surface area contributed by atoms with E-state index in [1.807, 2.05) is 155 Å². The number of pyridine rings is 12. The number of ether oxygens (including phenoxy) is 3. The van der Waals surface area contributed by atoms with E-state index in [-0.39, 0.29) is 24.2 Å². The number of piperazine rings is 1. The number of hydrogen-bond acceptors (Lipinski definition) is 24. The lowest BCUT2D eigenvalue weighted by molar-refractivity contribution is -0.129. The van der Waals surface area contributed by atoms with Gasteiger partial charge in [-0.05, 0) is 234 Å². The predicted octanol–water partition coefficient (Wildman–Crippen LogP) is 18.8. The van der Waals surface area contributed by atoms with Crippen LogP contribution in [0.25, 0.3) is 87.6 Å². The van der Waals surface area contributed by atoms with E-state index in [9.17, 15) is 4.79 Å². The minimum absolute atomic E-state index is 0.134. The van der Waals surface area contributed by atoms with Gasteiger partial charge in [0.25, 0.3) is 0 Å². The first-order valence-corrected chi connectivity index (χ1v) is 44.7. The number of rotatable bonds is 20. The fraction of sp³-hybridized carbons (Fsp3) is 0.267. The zero-order chi connectivity index (χ0) is 89.2. The Kier molecular flexibility index (Phi) is 27.9. The Morgan fingerprint density at radius 1 is 0.292 bits per heavy atom. The first kappa shape index (κ1) is 87.5. The lowest BCUT2D eigenvalue weighted by Gasteiger charge is -2.35. The number of nitrogens with zero attached hydrogens (tertiary/aromatic N) is 17. The van der Waals surface area contributed by atoms with E-state index in [2.05, 4.69) is 247 Å². The van der Waals surface area contributed by atoms with Gasteiger partial charge >= 0.3 is 0 Å². The van der Waals surface area contributed by atoms with Crippen LogP contribution in [0.3, 0.4) is 0 Å². The molecule has 0 spiro atoms. The van der Waals surface area contributed by atoms with Crippen molar-refractivity contribution in [3.05, 3.63) is 314 Å². The van der Waals surface area contributed by atoms with Gasteiger partial charge in [0.05, 0.1) is 38.1 Å². The molecule has 0 saturated carbocycles. The summed E-state index contributed by atoms with van der Waals surface area (Å²) in [6.45, 7) is 29.2. The van der Waals surface area contributed by atoms with Crippen molar-refractivity contribution in [2.24, 2.45) is 0 Å². The van der Waals surface area contributed by atoms with Crippen molar-refractivity contribution in [3.63, 3.8) is 0 Å². The van der Waals surface area contributed by atoms with Crippen molar-refractivity contribution in [1.29, 1.82) is 0 Å². The third-order valence-corrected chi connectivity index (χ3v) is 23.9. The lowest BCUT2D eigenvalue weighted by atomic mass is 10.0. The third-order valence-electron chi connectivity index (χ3n) is 23.9. The number of fused-ring (bicyclic) bond motifs is 4. The van der Waals surface area contributed by atoms with E-state index in [0.717, 1.165) is 198 Å². The minimum atomic E-state index is 0.134. The molecule has 4 saturated heterocycles. The van der Waals surface area contributed by atoms with Gasteiger partial charge < -0.3 is 60.0 Å². The molecule has 1 unspecified atom stereocenters. The van der Waals surface area contributed by atoms with Crippen molar-refractivity contribution < 1.29 is 19.0 Å². The Balaban J connectivity index is 0.000000121. The van der Waals surface area contributed by atoms with Crippen LogP contribution < -0.4 is 40.9 Å². The number of aromatic nitrogens is 12. The minimum Gasteiger partial charge on any atom is -0.375 e. The third kappa shape index (κ3) is 22.3. The lowest BCUT2D eigenvalue weighted by Crippen LogP contribution is -2.48. The summed E-state index contributed by atoms with van der Waals surface area (Å²) >= 11 is 0. The average Bonchev–Trinajstić information content (AvgIpc) is 0.810. The number of benzene rings is 4. The van der Waals surface area contributed by atoms with Gasteiger partial charge in [0.2, 0.25) is 5.91 Å². The molecular formula is C105H109N21O4. The normalized spacial score (nSPS) is 15.7. The van der Waals surface area contributed by atoms with Crippen molar-refractivity contribution in [1.82, 2.24) is 64.7 Å². The summed E-state index contributed by atoms with van der Waals surface area (Å²) in [5.41, 5.74) is 18.3. The van der Waals surface area contributed by atoms with Crippen LogP contribution in [0.4, 0.5) is 46.5 Å². The van der Waals surface area contributed by atoms with Gasteiger partial charge in [0, 0.05) is 217 Å². The number of carbonyl (C=O) groups excluding carboxylic acids is 1. The summed E-state index contributed by atoms with van der Waals surface area (Å²) in [6.07, 6.45) is 23.1. The van der Waals surface area contributed by atoms with E-state index in [4.69, 9.17) is 34.1 Å². The van der Waals surface area contributed by atoms with Gasteiger partial charge in [0.15, 0.2) is 0 Å². The van der Waals surface area contributed by atoms with Crippen LogP contribution in [0.2, 0.25) is 0 Å². The summed E-state index contributed by atoms with van der Waals surface area (Å²) in [7, 11) is 0. The Morgan fingerprint density at radius 2 is 0.538 bits per heavy atom. The van der Waals surface area contributed by atoms with Crippen LogP contribution in [-0.4, -0.2) is 174 Å². The number of hydrogen-bond donors (Lipinski definition) is 4. The molecule has 4 aromatic carbocycles. The average molecular weight is 1730 g/mol. The van der Waals surface area contributed by atoms with Gasteiger partial charge in [-0.1, -0.05) is 97.1 Å². The Hall–Kier alpha value is -14.5. The van der Waals surface area contributed by atoms with Gasteiger partial charge in [-0.15, -0.1) is 0 Å². The maximum absolute atomic E-state index is 11.6. The van der Waals surface area contributed by atoms with E-state index < -0.39 is 0 Å². The second kappa shape index (κ2) is 41.5. The second-order valence-corrected chi connectivity index (χ2v) is 33.5. The topological polar surface area (TPSA) is 264 Å². The van der Waals surface area contributed by atoms with E-state index in [1.165, 1.54) is 66.8 Å². The summed E-state index contributed by atoms with van der Waals surface area (Å²) in [5, 5.41) is 22.5. The monoisotopic (exact) mass is 1730 g/mol. The van der Waals surface area contributed by atoms with Crippen molar-refractivity contribution >= 4 is 95.5 Å². The SMILES string of the molecule is CC(=O)N1CCN(c2cc3ccnc(NCc4ccc(-c5ccnc(C)c5)cc4)c3cn2)CC1.Cc1cc(-c2ccc(CNc3nccc4cc(N5CCOC(C)C5)ncc34)cc2)ccn1.Cc1cc(-c2ccc(CNc3nccc4cc(N5CCO[C@@H](C)C5)ncc34)cc2)ccn1.Cc1cc(-c2ccc(CNc3nccc4cc(N5CCO[C@H](C)C5)ncc34)cc2)ccn1. The molecular weight excluding hydrogens is 1620 g/mol. The zero-order valence-corrected chi connectivity index (χ0v) is 74.9. The molecule has 130 heavy (non-hydrogen) atoms.